The maximum atomic E-state index is 11.8. The molecule has 1 atom stereocenters. The Morgan fingerprint density at radius 1 is 1.14 bits per heavy atom. The summed E-state index contributed by atoms with van der Waals surface area (Å²) < 4.78 is 1.54. The van der Waals surface area contributed by atoms with Crippen LogP contribution in [0.15, 0.2) is 24.0 Å². The van der Waals surface area contributed by atoms with Gasteiger partial charge in [-0.3, -0.25) is 10.1 Å². The van der Waals surface area contributed by atoms with E-state index < -0.39 is 11.0 Å². The van der Waals surface area contributed by atoms with Crippen molar-refractivity contribution >= 4 is 5.95 Å². The lowest BCUT2D eigenvalue weighted by Crippen LogP contribution is -2.27. The van der Waals surface area contributed by atoms with Crippen molar-refractivity contribution in [3.8, 4) is 5.75 Å². The van der Waals surface area contributed by atoms with Crippen molar-refractivity contribution in [2.45, 2.75) is 65.3 Å². The fourth-order valence-electron chi connectivity index (χ4n) is 3.47. The second-order valence-electron chi connectivity index (χ2n) is 9.27. The Kier molecular flexibility index (Phi) is 4.48. The Morgan fingerprint density at radius 3 is 2.14 bits per heavy atom. The third-order valence-electron chi connectivity index (χ3n) is 4.89. The van der Waals surface area contributed by atoms with Gasteiger partial charge in [-0.05, 0) is 46.6 Å². The molecule has 0 bridgehead atoms. The van der Waals surface area contributed by atoms with E-state index in [-0.39, 0.29) is 22.3 Å². The van der Waals surface area contributed by atoms with E-state index in [4.69, 9.17) is 0 Å². The first-order valence-corrected chi connectivity index (χ1v) is 9.22. The van der Waals surface area contributed by atoms with Crippen LogP contribution >= 0.6 is 0 Å². The van der Waals surface area contributed by atoms with E-state index in [1.165, 1.54) is 6.20 Å². The molecule has 0 radical (unpaired) electrons. The first kappa shape index (κ1) is 19.9. The third kappa shape index (κ3) is 3.34. The molecule has 1 aliphatic heterocycles. The van der Waals surface area contributed by atoms with Crippen LogP contribution in [0.4, 0.5) is 5.95 Å². The van der Waals surface area contributed by atoms with Crippen molar-refractivity contribution in [3.63, 3.8) is 0 Å². The molecule has 0 saturated heterocycles. The van der Waals surface area contributed by atoms with Gasteiger partial charge < -0.3 is 10.4 Å². The first-order chi connectivity index (χ1) is 12.8. The SMILES string of the molecule is Cc1nc2n(n1)C(c1cc(C(C)(C)C)c(O)c(C(C)(C)C)c1)C([N+](=O)[O-])=CN2. The Hall–Kier alpha value is -2.90. The molecule has 2 heterocycles. The summed E-state index contributed by atoms with van der Waals surface area (Å²) in [6.07, 6.45) is 1.37. The number of nitrogens with zero attached hydrogens (tertiary/aromatic N) is 4. The molecule has 150 valence electrons. The highest BCUT2D eigenvalue weighted by Crippen LogP contribution is 2.43. The van der Waals surface area contributed by atoms with Crippen LogP contribution in [0.2, 0.25) is 0 Å². The highest BCUT2D eigenvalue weighted by molar-refractivity contribution is 5.52. The summed E-state index contributed by atoms with van der Waals surface area (Å²) in [7, 11) is 0. The molecule has 1 aromatic carbocycles. The van der Waals surface area contributed by atoms with Gasteiger partial charge in [0.15, 0.2) is 6.04 Å². The summed E-state index contributed by atoms with van der Waals surface area (Å²) in [5.74, 6) is 1.21. The van der Waals surface area contributed by atoms with E-state index in [1.807, 2.05) is 53.7 Å². The zero-order chi connectivity index (χ0) is 21.0. The van der Waals surface area contributed by atoms with Gasteiger partial charge in [0.25, 0.3) is 5.70 Å². The van der Waals surface area contributed by atoms with Gasteiger partial charge in [0.2, 0.25) is 5.95 Å². The average molecular weight is 385 g/mol. The summed E-state index contributed by atoms with van der Waals surface area (Å²) in [5, 5.41) is 30.0. The molecule has 8 nitrogen and oxygen atoms in total. The number of allylic oxidation sites excluding steroid dienone is 1. The number of benzene rings is 1. The minimum atomic E-state index is -0.741. The van der Waals surface area contributed by atoms with E-state index >= 15 is 0 Å². The molecule has 1 aliphatic rings. The van der Waals surface area contributed by atoms with Crippen molar-refractivity contribution in [2.75, 3.05) is 5.32 Å². The van der Waals surface area contributed by atoms with Crippen molar-refractivity contribution in [1.29, 1.82) is 0 Å². The van der Waals surface area contributed by atoms with E-state index in [9.17, 15) is 15.2 Å². The molecule has 2 aromatic rings. The molecule has 0 aliphatic carbocycles. The van der Waals surface area contributed by atoms with E-state index in [2.05, 4.69) is 15.4 Å². The molecule has 0 saturated carbocycles. The normalized spacial score (nSPS) is 17.0. The van der Waals surface area contributed by atoms with Gasteiger partial charge in [-0.1, -0.05) is 41.5 Å². The van der Waals surface area contributed by atoms with Gasteiger partial charge in [-0.15, -0.1) is 0 Å². The van der Waals surface area contributed by atoms with E-state index in [0.29, 0.717) is 17.3 Å². The number of phenolic OH excluding ortho intramolecular Hbond substituents is 1. The smallest absolute Gasteiger partial charge is 0.291 e. The number of anilines is 1. The van der Waals surface area contributed by atoms with Gasteiger partial charge in [-0.25, -0.2) is 4.68 Å². The monoisotopic (exact) mass is 385 g/mol. The van der Waals surface area contributed by atoms with Crippen molar-refractivity contribution in [3.05, 3.63) is 56.7 Å². The number of rotatable bonds is 2. The number of nitrogens with one attached hydrogen (secondary N) is 1. The molecular formula is C20H27N5O3. The lowest BCUT2D eigenvalue weighted by Gasteiger charge is -2.30. The predicted octanol–water partition coefficient (Wildman–Crippen LogP) is 4.02. The molecule has 1 unspecified atom stereocenters. The van der Waals surface area contributed by atoms with Crippen LogP contribution in [0.1, 0.15) is 70.1 Å². The lowest BCUT2D eigenvalue weighted by molar-refractivity contribution is -0.431. The van der Waals surface area contributed by atoms with Gasteiger partial charge in [0.1, 0.15) is 11.6 Å². The highest BCUT2D eigenvalue weighted by atomic mass is 16.6. The highest BCUT2D eigenvalue weighted by Gasteiger charge is 2.37. The molecule has 0 amide bonds. The van der Waals surface area contributed by atoms with Gasteiger partial charge >= 0.3 is 0 Å². The topological polar surface area (TPSA) is 106 Å². The van der Waals surface area contributed by atoms with Gasteiger partial charge in [0.05, 0.1) is 11.1 Å². The summed E-state index contributed by atoms with van der Waals surface area (Å²) in [5.41, 5.74) is 1.48. The Balaban J connectivity index is 2.33. The summed E-state index contributed by atoms with van der Waals surface area (Å²) in [6, 6.07) is 2.95. The second kappa shape index (κ2) is 6.32. The van der Waals surface area contributed by atoms with Crippen molar-refractivity contribution in [1.82, 2.24) is 14.8 Å². The van der Waals surface area contributed by atoms with Crippen LogP contribution in [0.25, 0.3) is 0 Å². The number of nitro groups is 1. The number of phenols is 1. The minimum absolute atomic E-state index is 0.0252. The van der Waals surface area contributed by atoms with Crippen LogP contribution < -0.4 is 5.32 Å². The van der Waals surface area contributed by atoms with Crippen LogP contribution in [0.5, 0.6) is 5.75 Å². The number of fused-ring (bicyclic) bond motifs is 1. The zero-order valence-electron chi connectivity index (χ0n) is 17.4. The van der Waals surface area contributed by atoms with Gasteiger partial charge in [-0.2, -0.15) is 10.1 Å². The number of hydrogen-bond donors (Lipinski definition) is 2. The molecular weight excluding hydrogens is 358 g/mol. The number of hydrogen-bond acceptors (Lipinski definition) is 6. The molecule has 3 rings (SSSR count). The Labute approximate surface area is 164 Å². The molecule has 0 fully saturated rings. The molecule has 1 aromatic heterocycles. The van der Waals surface area contributed by atoms with Crippen LogP contribution in [-0.2, 0) is 10.8 Å². The fourth-order valence-corrected chi connectivity index (χ4v) is 3.47. The summed E-state index contributed by atoms with van der Waals surface area (Å²) >= 11 is 0. The summed E-state index contributed by atoms with van der Waals surface area (Å²) in [6.45, 7) is 13.8. The molecule has 2 N–H and O–H groups in total. The van der Waals surface area contributed by atoms with Crippen LogP contribution in [0.3, 0.4) is 0 Å². The van der Waals surface area contributed by atoms with Gasteiger partial charge in [0, 0.05) is 0 Å². The molecule has 8 heteroatoms. The maximum Gasteiger partial charge on any atom is 0.291 e. The van der Waals surface area contributed by atoms with Crippen molar-refractivity contribution < 1.29 is 10.0 Å². The Bertz CT molecular complexity index is 942. The third-order valence-corrected chi connectivity index (χ3v) is 4.89. The van der Waals surface area contributed by atoms with Crippen molar-refractivity contribution in [2.24, 2.45) is 0 Å². The molecule has 28 heavy (non-hydrogen) atoms. The average Bonchev–Trinajstić information content (AvgIpc) is 2.92. The standard InChI is InChI=1S/C20H27N5O3/c1-11-22-18-21-10-15(25(27)28)16(24(18)23-11)12-8-13(19(2,3)4)17(26)14(9-12)20(5,6)7/h8-10,16,26H,1-7H3,(H,21,22,23). The molecule has 0 spiro atoms. The fraction of sp³-hybridized carbons (Fsp3) is 0.500. The van der Waals surface area contributed by atoms with E-state index in [0.717, 1.165) is 11.1 Å². The number of aromatic hydroxyl groups is 1. The van der Waals surface area contributed by atoms with E-state index in [1.54, 1.807) is 11.6 Å². The zero-order valence-corrected chi connectivity index (χ0v) is 17.4. The number of aromatic nitrogens is 3. The maximum absolute atomic E-state index is 11.8. The van der Waals surface area contributed by atoms with Crippen LogP contribution in [0, 0.1) is 17.0 Å². The van der Waals surface area contributed by atoms with Crippen LogP contribution in [-0.4, -0.2) is 24.8 Å². The summed E-state index contributed by atoms with van der Waals surface area (Å²) in [4.78, 5) is 15.7. The Morgan fingerprint density at radius 2 is 1.68 bits per heavy atom. The first-order valence-electron chi connectivity index (χ1n) is 9.22. The lowest BCUT2D eigenvalue weighted by atomic mass is 9.77. The minimum Gasteiger partial charge on any atom is -0.507 e. The quantitative estimate of drug-likeness (QED) is 0.597. The predicted molar refractivity (Wildman–Crippen MR) is 107 cm³/mol. The number of aryl methyl sites for hydroxylation is 1. The largest absolute Gasteiger partial charge is 0.507 e. The second-order valence-corrected chi connectivity index (χ2v) is 9.27.